The zero-order chi connectivity index (χ0) is 11.1. The van der Waals surface area contributed by atoms with E-state index >= 15 is 0 Å². The molecule has 0 fully saturated rings. The van der Waals surface area contributed by atoms with Gasteiger partial charge in [0.15, 0.2) is 0 Å². The van der Waals surface area contributed by atoms with Gasteiger partial charge in [-0.1, -0.05) is 20.3 Å². The molecule has 0 aliphatic carbocycles. The van der Waals surface area contributed by atoms with Crippen molar-refractivity contribution in [3.63, 3.8) is 0 Å². The van der Waals surface area contributed by atoms with E-state index in [1.54, 1.807) is 0 Å². The molecule has 0 aromatic rings. The topological polar surface area (TPSA) is 84.2 Å². The molecule has 0 saturated carbocycles. The van der Waals surface area contributed by atoms with E-state index in [0.717, 1.165) is 6.42 Å². The van der Waals surface area contributed by atoms with Crippen molar-refractivity contribution in [2.45, 2.75) is 26.3 Å². The number of amides is 2. The lowest BCUT2D eigenvalue weighted by Crippen LogP contribution is -2.47. The van der Waals surface area contributed by atoms with Crippen LogP contribution in [0.4, 0.5) is 0 Å². The lowest BCUT2D eigenvalue weighted by molar-refractivity contribution is -0.127. The summed E-state index contributed by atoms with van der Waals surface area (Å²) in [6, 6.07) is -0.537. The van der Waals surface area contributed by atoms with Crippen LogP contribution in [0.3, 0.4) is 0 Å². The van der Waals surface area contributed by atoms with Crippen LogP contribution in [0.15, 0.2) is 0 Å². The Kier molecular flexibility index (Phi) is 5.87. The van der Waals surface area contributed by atoms with Crippen LogP contribution in [0.2, 0.25) is 0 Å². The molecule has 0 spiro atoms. The van der Waals surface area contributed by atoms with E-state index in [1.807, 2.05) is 13.8 Å². The number of hydrogen-bond acceptors (Lipinski definition) is 3. The lowest BCUT2D eigenvalue weighted by atomic mass is 9.99. The first-order valence-electron chi connectivity index (χ1n) is 4.76. The number of carbonyl (C=O) groups is 2. The van der Waals surface area contributed by atoms with Crippen molar-refractivity contribution in [2.75, 3.05) is 13.6 Å². The Hall–Kier alpha value is -1.10. The molecule has 0 saturated heterocycles. The van der Waals surface area contributed by atoms with Gasteiger partial charge in [0.1, 0.15) is 0 Å². The average Bonchev–Trinajstić information content (AvgIpc) is 2.22. The van der Waals surface area contributed by atoms with Gasteiger partial charge in [0.2, 0.25) is 11.8 Å². The van der Waals surface area contributed by atoms with E-state index in [1.165, 1.54) is 7.05 Å². The lowest BCUT2D eigenvalue weighted by Gasteiger charge is -2.17. The van der Waals surface area contributed by atoms with Crippen molar-refractivity contribution in [1.29, 1.82) is 0 Å². The molecule has 0 heterocycles. The second kappa shape index (κ2) is 6.37. The van der Waals surface area contributed by atoms with Crippen LogP contribution < -0.4 is 16.4 Å². The van der Waals surface area contributed by atoms with E-state index < -0.39 is 6.04 Å². The maximum atomic E-state index is 11.3. The first-order chi connectivity index (χ1) is 6.52. The molecule has 1 unspecified atom stereocenters. The zero-order valence-electron chi connectivity index (χ0n) is 8.96. The summed E-state index contributed by atoms with van der Waals surface area (Å²) in [5.74, 6) is -0.377. The summed E-state index contributed by atoms with van der Waals surface area (Å²) in [5, 5.41) is 4.88. The van der Waals surface area contributed by atoms with Crippen LogP contribution in [-0.2, 0) is 9.59 Å². The van der Waals surface area contributed by atoms with Gasteiger partial charge < -0.3 is 16.4 Å². The molecule has 5 heteroatoms. The Labute approximate surface area is 84.4 Å². The Morgan fingerprint density at radius 2 is 2.00 bits per heavy atom. The van der Waals surface area contributed by atoms with Crippen molar-refractivity contribution in [3.05, 3.63) is 0 Å². The van der Waals surface area contributed by atoms with Gasteiger partial charge >= 0.3 is 0 Å². The van der Waals surface area contributed by atoms with E-state index in [-0.39, 0.29) is 24.3 Å². The molecule has 0 aliphatic heterocycles. The van der Waals surface area contributed by atoms with Crippen LogP contribution in [0.1, 0.15) is 20.3 Å². The van der Waals surface area contributed by atoms with Gasteiger partial charge in [-0.25, -0.2) is 0 Å². The second-order valence-electron chi connectivity index (χ2n) is 3.30. The van der Waals surface area contributed by atoms with Crippen molar-refractivity contribution < 1.29 is 9.59 Å². The van der Waals surface area contributed by atoms with Gasteiger partial charge in [-0.2, -0.15) is 0 Å². The number of nitrogens with two attached hydrogens (primary N) is 1. The highest BCUT2D eigenvalue weighted by Crippen LogP contribution is 2.04. The van der Waals surface area contributed by atoms with E-state index in [9.17, 15) is 9.59 Å². The van der Waals surface area contributed by atoms with Gasteiger partial charge in [0.05, 0.1) is 12.6 Å². The van der Waals surface area contributed by atoms with Gasteiger partial charge in [0.25, 0.3) is 0 Å². The molecule has 2 atom stereocenters. The molecular weight excluding hydrogens is 182 g/mol. The largest absolute Gasteiger partial charge is 0.358 e. The minimum Gasteiger partial charge on any atom is -0.358 e. The minimum absolute atomic E-state index is 0.0144. The van der Waals surface area contributed by atoms with E-state index in [4.69, 9.17) is 5.73 Å². The normalized spacial score (nSPS) is 14.3. The molecule has 0 radical (unpaired) electrons. The van der Waals surface area contributed by atoms with Crippen molar-refractivity contribution in [3.8, 4) is 0 Å². The Bertz CT molecular complexity index is 206. The number of likely N-dealkylation sites (N-methyl/N-ethyl adjacent to an activating group) is 1. The molecule has 5 nitrogen and oxygen atoms in total. The van der Waals surface area contributed by atoms with Gasteiger partial charge in [0, 0.05) is 7.05 Å². The van der Waals surface area contributed by atoms with E-state index in [2.05, 4.69) is 10.6 Å². The SMILES string of the molecule is CCC(C)[C@H](N)C(=O)NCC(=O)NC. The predicted molar refractivity (Wildman–Crippen MR) is 54.5 cm³/mol. The number of hydrogen-bond donors (Lipinski definition) is 3. The quantitative estimate of drug-likeness (QED) is 0.545. The monoisotopic (exact) mass is 201 g/mol. The molecule has 0 rings (SSSR count). The zero-order valence-corrected chi connectivity index (χ0v) is 8.96. The first-order valence-corrected chi connectivity index (χ1v) is 4.76. The summed E-state index contributed by atoms with van der Waals surface area (Å²) >= 11 is 0. The first kappa shape index (κ1) is 12.9. The highest BCUT2D eigenvalue weighted by molar-refractivity contribution is 5.87. The summed E-state index contributed by atoms with van der Waals surface area (Å²) in [6.07, 6.45) is 0.842. The van der Waals surface area contributed by atoms with Crippen LogP contribution in [-0.4, -0.2) is 31.4 Å². The molecule has 0 bridgehead atoms. The summed E-state index contributed by atoms with van der Waals surface area (Å²) in [7, 11) is 1.52. The fourth-order valence-corrected chi connectivity index (χ4v) is 0.886. The standard InChI is InChI=1S/C9H19N3O2/c1-4-6(2)8(10)9(14)12-5-7(13)11-3/h6,8H,4-5,10H2,1-3H3,(H,11,13)(H,12,14)/t6?,8-/m0/s1. The van der Waals surface area contributed by atoms with Crippen molar-refractivity contribution >= 4 is 11.8 Å². The number of rotatable bonds is 5. The smallest absolute Gasteiger partial charge is 0.239 e. The predicted octanol–water partition coefficient (Wildman–Crippen LogP) is -0.778. The van der Waals surface area contributed by atoms with Gasteiger partial charge in [-0.05, 0) is 5.92 Å². The molecule has 2 amide bonds. The van der Waals surface area contributed by atoms with Crippen LogP contribution in [0, 0.1) is 5.92 Å². The molecular formula is C9H19N3O2. The van der Waals surface area contributed by atoms with Crippen LogP contribution >= 0.6 is 0 Å². The van der Waals surface area contributed by atoms with Crippen LogP contribution in [0.5, 0.6) is 0 Å². The summed E-state index contributed by atoms with van der Waals surface area (Å²) < 4.78 is 0. The third kappa shape index (κ3) is 4.23. The Balaban J connectivity index is 3.90. The fourth-order valence-electron chi connectivity index (χ4n) is 0.886. The second-order valence-corrected chi connectivity index (χ2v) is 3.30. The molecule has 4 N–H and O–H groups in total. The summed E-state index contributed by atoms with van der Waals surface area (Å²) in [6.45, 7) is 3.86. The van der Waals surface area contributed by atoms with Crippen molar-refractivity contribution in [2.24, 2.45) is 11.7 Å². The Morgan fingerprint density at radius 1 is 1.43 bits per heavy atom. The summed E-state index contributed by atoms with van der Waals surface area (Å²) in [4.78, 5) is 22.2. The highest BCUT2D eigenvalue weighted by atomic mass is 16.2. The van der Waals surface area contributed by atoms with Crippen molar-refractivity contribution in [1.82, 2.24) is 10.6 Å². The maximum absolute atomic E-state index is 11.3. The third-order valence-corrected chi connectivity index (χ3v) is 2.26. The molecule has 0 aromatic heterocycles. The third-order valence-electron chi connectivity index (χ3n) is 2.26. The molecule has 0 aliphatic rings. The number of nitrogens with one attached hydrogen (secondary N) is 2. The van der Waals surface area contributed by atoms with E-state index in [0.29, 0.717) is 0 Å². The van der Waals surface area contributed by atoms with Gasteiger partial charge in [-0.3, -0.25) is 9.59 Å². The number of carbonyl (C=O) groups excluding carboxylic acids is 2. The molecule has 14 heavy (non-hydrogen) atoms. The average molecular weight is 201 g/mol. The molecule has 82 valence electrons. The molecule has 0 aromatic carbocycles. The Morgan fingerprint density at radius 3 is 2.43 bits per heavy atom. The summed E-state index contributed by atoms with van der Waals surface area (Å²) in [5.41, 5.74) is 5.66. The fraction of sp³-hybridized carbons (Fsp3) is 0.778. The maximum Gasteiger partial charge on any atom is 0.239 e. The van der Waals surface area contributed by atoms with Gasteiger partial charge in [-0.15, -0.1) is 0 Å². The minimum atomic E-state index is -0.537. The highest BCUT2D eigenvalue weighted by Gasteiger charge is 2.19. The van der Waals surface area contributed by atoms with Crippen LogP contribution in [0.25, 0.3) is 0 Å².